The average molecular weight is 514 g/mol. The molecule has 2 aromatic rings. The van der Waals surface area contributed by atoms with Crippen molar-refractivity contribution in [1.82, 2.24) is 4.98 Å². The molecule has 1 aromatic carbocycles. The fourth-order valence-corrected chi connectivity index (χ4v) is 3.65. The molecule has 0 amide bonds. The van der Waals surface area contributed by atoms with E-state index in [0.717, 1.165) is 12.8 Å². The van der Waals surface area contributed by atoms with E-state index in [9.17, 15) is 14.1 Å². The SMILES string of the molecule is CC(C)(C)OC(=O)CC(=O)OC(Cc1c(Cl)cncc1Cl)c1ccc(OF)c(OCC2CC2)c1. The molecule has 0 N–H and O–H groups in total. The Bertz CT molecular complexity index is 1020. The van der Waals surface area contributed by atoms with Crippen LogP contribution >= 0.6 is 23.2 Å². The van der Waals surface area contributed by atoms with Gasteiger partial charge in [0.25, 0.3) is 0 Å². The molecule has 0 bridgehead atoms. The summed E-state index contributed by atoms with van der Waals surface area (Å²) in [4.78, 5) is 32.5. The van der Waals surface area contributed by atoms with Crippen LogP contribution in [0.3, 0.4) is 0 Å². The van der Waals surface area contributed by atoms with Gasteiger partial charge in [-0.05, 0) is 62.8 Å². The van der Waals surface area contributed by atoms with E-state index < -0.39 is 30.1 Å². The van der Waals surface area contributed by atoms with Gasteiger partial charge in [-0.15, -0.1) is 0 Å². The molecular weight excluding hydrogens is 488 g/mol. The van der Waals surface area contributed by atoms with Crippen LogP contribution in [0.4, 0.5) is 4.53 Å². The average Bonchev–Trinajstić information content (AvgIpc) is 3.57. The zero-order valence-corrected chi connectivity index (χ0v) is 20.6. The number of ether oxygens (including phenoxy) is 3. The third-order valence-electron chi connectivity index (χ3n) is 4.92. The van der Waals surface area contributed by atoms with Gasteiger partial charge in [-0.25, -0.2) is 0 Å². The predicted molar refractivity (Wildman–Crippen MR) is 124 cm³/mol. The van der Waals surface area contributed by atoms with E-state index in [1.165, 1.54) is 30.6 Å². The molecule has 34 heavy (non-hydrogen) atoms. The molecule has 0 saturated heterocycles. The molecule has 1 aliphatic rings. The van der Waals surface area contributed by atoms with Gasteiger partial charge in [-0.2, -0.15) is 0 Å². The first-order valence-corrected chi connectivity index (χ1v) is 11.6. The van der Waals surface area contributed by atoms with Crippen LogP contribution in [0.5, 0.6) is 11.5 Å². The smallest absolute Gasteiger partial charge is 0.317 e. The lowest BCUT2D eigenvalue weighted by Gasteiger charge is -2.22. The van der Waals surface area contributed by atoms with Crippen molar-refractivity contribution in [3.8, 4) is 11.5 Å². The van der Waals surface area contributed by atoms with Crippen LogP contribution in [0.1, 0.15) is 57.3 Å². The largest absolute Gasteiger partial charge is 0.489 e. The number of aromatic nitrogens is 1. The van der Waals surface area contributed by atoms with Crippen LogP contribution in [0, 0.1) is 5.92 Å². The molecule has 7 nitrogen and oxygen atoms in total. The summed E-state index contributed by atoms with van der Waals surface area (Å²) in [6.45, 7) is 5.52. The minimum absolute atomic E-state index is 0.0815. The summed E-state index contributed by atoms with van der Waals surface area (Å²) in [6.07, 6.45) is 3.54. The summed E-state index contributed by atoms with van der Waals surface area (Å²) in [6, 6.07) is 4.45. The summed E-state index contributed by atoms with van der Waals surface area (Å²) >= 11 is 12.5. The Morgan fingerprint density at radius 3 is 2.38 bits per heavy atom. The normalized spacial score (nSPS) is 14.3. The number of esters is 2. The number of carbonyl (C=O) groups excluding carboxylic acids is 2. The molecule has 1 aliphatic carbocycles. The van der Waals surface area contributed by atoms with Gasteiger partial charge < -0.3 is 14.2 Å². The van der Waals surface area contributed by atoms with Crippen LogP contribution in [-0.2, 0) is 25.5 Å². The van der Waals surface area contributed by atoms with Crippen molar-refractivity contribution in [2.75, 3.05) is 6.61 Å². The van der Waals surface area contributed by atoms with Crippen molar-refractivity contribution in [1.29, 1.82) is 0 Å². The first kappa shape index (κ1) is 26.0. The fraction of sp³-hybridized carbons (Fsp3) is 0.458. The van der Waals surface area contributed by atoms with E-state index >= 15 is 0 Å². The fourth-order valence-electron chi connectivity index (χ4n) is 3.14. The molecule has 1 aromatic heterocycles. The van der Waals surface area contributed by atoms with E-state index in [-0.39, 0.29) is 28.0 Å². The van der Waals surface area contributed by atoms with E-state index in [2.05, 4.69) is 9.93 Å². The van der Waals surface area contributed by atoms with E-state index in [0.29, 0.717) is 23.7 Å². The molecule has 1 heterocycles. The minimum Gasteiger partial charge on any atom is -0.489 e. The number of benzene rings is 1. The Morgan fingerprint density at radius 1 is 1.12 bits per heavy atom. The molecule has 184 valence electrons. The summed E-state index contributed by atoms with van der Waals surface area (Å²) < 4.78 is 29.6. The third kappa shape index (κ3) is 7.74. The quantitative estimate of drug-likeness (QED) is 0.284. The van der Waals surface area contributed by atoms with E-state index in [4.69, 9.17) is 37.4 Å². The van der Waals surface area contributed by atoms with Gasteiger partial charge in [0.1, 0.15) is 18.1 Å². The number of rotatable bonds is 10. The second kappa shape index (κ2) is 11.2. The van der Waals surface area contributed by atoms with Crippen LogP contribution in [-0.4, -0.2) is 29.1 Å². The number of hydrogen-bond donors (Lipinski definition) is 0. The number of halogens is 3. The maximum absolute atomic E-state index is 13.0. The van der Waals surface area contributed by atoms with Crippen LogP contribution < -0.4 is 9.68 Å². The number of carbonyl (C=O) groups is 2. The Hall–Kier alpha value is -2.58. The Balaban J connectivity index is 1.85. The first-order chi connectivity index (χ1) is 16.1. The van der Waals surface area contributed by atoms with E-state index in [1.54, 1.807) is 20.8 Å². The van der Waals surface area contributed by atoms with Crippen LogP contribution in [0.2, 0.25) is 10.0 Å². The van der Waals surface area contributed by atoms with Crippen LogP contribution in [0.15, 0.2) is 30.6 Å². The standard InChI is InChI=1S/C24H26Cl2FNO6/c1-24(2,3)33-23(30)10-22(29)32-20(9-16-17(25)11-28-12-18(16)26)15-6-7-19(34-27)21(8-15)31-13-14-4-5-14/h6-8,11-12,14,20H,4-5,9-10,13H2,1-3H3. The van der Waals surface area contributed by atoms with Crippen molar-refractivity contribution >= 4 is 35.1 Å². The van der Waals surface area contributed by atoms with Crippen molar-refractivity contribution in [3.05, 3.63) is 51.8 Å². The molecule has 1 fully saturated rings. The third-order valence-corrected chi connectivity index (χ3v) is 5.57. The highest BCUT2D eigenvalue weighted by Gasteiger charge is 2.27. The maximum atomic E-state index is 13.0. The highest BCUT2D eigenvalue weighted by Crippen LogP contribution is 2.37. The molecule has 1 unspecified atom stereocenters. The molecule has 1 atom stereocenters. The first-order valence-electron chi connectivity index (χ1n) is 10.8. The lowest BCUT2D eigenvalue weighted by Crippen LogP contribution is -2.26. The molecule has 0 aliphatic heterocycles. The van der Waals surface area contributed by atoms with Crippen molar-refractivity contribution in [2.45, 2.75) is 58.2 Å². The van der Waals surface area contributed by atoms with Crippen molar-refractivity contribution in [2.24, 2.45) is 5.92 Å². The summed E-state index contributed by atoms with van der Waals surface area (Å²) in [5.41, 5.74) is 0.234. The molecule has 3 rings (SSSR count). The monoisotopic (exact) mass is 513 g/mol. The lowest BCUT2D eigenvalue weighted by molar-refractivity contribution is -0.163. The van der Waals surface area contributed by atoms with Crippen LogP contribution in [0.25, 0.3) is 0 Å². The maximum Gasteiger partial charge on any atom is 0.317 e. The highest BCUT2D eigenvalue weighted by molar-refractivity contribution is 6.35. The van der Waals surface area contributed by atoms with Gasteiger partial charge in [-0.1, -0.05) is 29.3 Å². The number of pyridine rings is 1. The number of nitrogens with zero attached hydrogens (tertiary/aromatic N) is 1. The van der Waals surface area contributed by atoms with E-state index in [1.807, 2.05) is 0 Å². The molecule has 1 saturated carbocycles. The Labute approximate surface area is 207 Å². The number of hydrogen-bond acceptors (Lipinski definition) is 7. The Kier molecular flexibility index (Phi) is 8.60. The zero-order chi connectivity index (χ0) is 24.9. The van der Waals surface area contributed by atoms with Crippen molar-refractivity contribution in [3.63, 3.8) is 0 Å². The second-order valence-electron chi connectivity index (χ2n) is 9.07. The summed E-state index contributed by atoms with van der Waals surface area (Å²) in [5, 5.41) is 0.573. The summed E-state index contributed by atoms with van der Waals surface area (Å²) in [7, 11) is 0. The predicted octanol–water partition coefficient (Wildman–Crippen LogP) is 6.00. The highest BCUT2D eigenvalue weighted by atomic mass is 35.5. The van der Waals surface area contributed by atoms with Gasteiger partial charge in [-0.3, -0.25) is 19.5 Å². The second-order valence-corrected chi connectivity index (χ2v) is 9.88. The molecule has 10 heteroatoms. The lowest BCUT2D eigenvalue weighted by atomic mass is 10.0. The molecule has 0 spiro atoms. The minimum atomic E-state index is -0.913. The van der Waals surface area contributed by atoms with Gasteiger partial charge in [0.2, 0.25) is 5.75 Å². The topological polar surface area (TPSA) is 84.0 Å². The van der Waals surface area contributed by atoms with Gasteiger partial charge >= 0.3 is 11.9 Å². The van der Waals surface area contributed by atoms with Gasteiger partial charge in [0, 0.05) is 23.3 Å². The zero-order valence-electron chi connectivity index (χ0n) is 19.1. The summed E-state index contributed by atoms with van der Waals surface area (Å²) in [5.74, 6) is -1.01. The van der Waals surface area contributed by atoms with Gasteiger partial charge in [0.05, 0.1) is 16.7 Å². The van der Waals surface area contributed by atoms with Gasteiger partial charge in [0.15, 0.2) is 5.75 Å². The van der Waals surface area contributed by atoms with Crippen molar-refractivity contribution < 1.29 is 33.3 Å². The Morgan fingerprint density at radius 2 is 1.79 bits per heavy atom. The molecular formula is C24H26Cl2FNO6. The molecule has 0 radical (unpaired) electrons.